The highest BCUT2D eigenvalue weighted by atomic mass is 19.1. The van der Waals surface area contributed by atoms with Crippen molar-refractivity contribution < 1.29 is 14.3 Å². The Balaban J connectivity index is 2.19. The largest absolute Gasteiger partial charge is 0.396 e. The molecule has 2 rings (SSSR count). The van der Waals surface area contributed by atoms with Gasteiger partial charge in [-0.2, -0.15) is 0 Å². The number of carbonyl (C=O) groups excluding carboxylic acids is 1. The molecule has 18 heavy (non-hydrogen) atoms. The Hall–Kier alpha value is -1.69. The fraction of sp³-hybridized carbons (Fsp3) is 0.500. The Morgan fingerprint density at radius 2 is 2.50 bits per heavy atom. The van der Waals surface area contributed by atoms with Crippen LogP contribution in [-0.4, -0.2) is 47.6 Å². The van der Waals surface area contributed by atoms with Crippen LogP contribution in [0.2, 0.25) is 0 Å². The highest BCUT2D eigenvalue weighted by molar-refractivity contribution is 5.95. The maximum absolute atomic E-state index is 13.9. The van der Waals surface area contributed by atoms with Gasteiger partial charge in [0.05, 0.1) is 5.56 Å². The summed E-state index contributed by atoms with van der Waals surface area (Å²) in [6, 6.07) is 1.38. The predicted molar refractivity (Wildman–Crippen MR) is 64.8 cm³/mol. The Morgan fingerprint density at radius 1 is 1.72 bits per heavy atom. The van der Waals surface area contributed by atoms with Gasteiger partial charge in [0.15, 0.2) is 11.6 Å². The molecule has 6 heteroatoms. The van der Waals surface area contributed by atoms with Crippen molar-refractivity contribution in [1.82, 2.24) is 9.88 Å². The minimum absolute atomic E-state index is 0.0212. The Labute approximate surface area is 105 Å². The van der Waals surface area contributed by atoms with Gasteiger partial charge in [0.25, 0.3) is 5.91 Å². The number of pyridine rings is 1. The summed E-state index contributed by atoms with van der Waals surface area (Å²) >= 11 is 0. The number of aliphatic hydroxyl groups excluding tert-OH is 1. The molecule has 0 radical (unpaired) electrons. The van der Waals surface area contributed by atoms with Crippen molar-refractivity contribution in [2.24, 2.45) is 5.92 Å². The van der Waals surface area contributed by atoms with Gasteiger partial charge in [-0.3, -0.25) is 4.79 Å². The summed E-state index contributed by atoms with van der Waals surface area (Å²) in [5.74, 6) is -0.804. The quantitative estimate of drug-likeness (QED) is 0.833. The summed E-state index contributed by atoms with van der Waals surface area (Å²) in [5.41, 5.74) is 0.0212. The van der Waals surface area contributed by atoms with E-state index in [-0.39, 0.29) is 29.8 Å². The van der Waals surface area contributed by atoms with E-state index >= 15 is 0 Å². The van der Waals surface area contributed by atoms with Crippen LogP contribution in [0.5, 0.6) is 0 Å². The Bertz CT molecular complexity index is 453. The number of aromatic nitrogens is 1. The standard InChI is InChI=1S/C12H16FN3O2/c1-14-11-10(13)9(2-4-15-11)12(18)16-5-3-8(6-16)7-17/h2,4,8,17H,3,5-7H2,1H3,(H,14,15). The number of nitrogens with zero attached hydrogens (tertiary/aromatic N) is 2. The molecule has 5 nitrogen and oxygen atoms in total. The van der Waals surface area contributed by atoms with Crippen molar-refractivity contribution in [3.05, 3.63) is 23.6 Å². The average molecular weight is 253 g/mol. The summed E-state index contributed by atoms with van der Waals surface area (Å²) < 4.78 is 13.9. The number of likely N-dealkylation sites (tertiary alicyclic amines) is 1. The van der Waals surface area contributed by atoms with Gasteiger partial charge in [-0.15, -0.1) is 0 Å². The van der Waals surface area contributed by atoms with Gasteiger partial charge in [0.1, 0.15) is 0 Å². The van der Waals surface area contributed by atoms with E-state index in [1.54, 1.807) is 11.9 Å². The first-order chi connectivity index (χ1) is 8.67. The lowest BCUT2D eigenvalue weighted by Crippen LogP contribution is -2.30. The third-order valence-electron chi connectivity index (χ3n) is 3.19. The third kappa shape index (κ3) is 2.28. The van der Waals surface area contributed by atoms with Crippen LogP contribution in [-0.2, 0) is 0 Å². The van der Waals surface area contributed by atoms with E-state index in [1.165, 1.54) is 12.3 Å². The first-order valence-corrected chi connectivity index (χ1v) is 5.89. The van der Waals surface area contributed by atoms with Crippen LogP contribution in [0.1, 0.15) is 16.8 Å². The monoisotopic (exact) mass is 253 g/mol. The van der Waals surface area contributed by atoms with Crippen LogP contribution in [0.3, 0.4) is 0 Å². The second-order valence-electron chi connectivity index (χ2n) is 4.36. The number of hydrogen-bond donors (Lipinski definition) is 2. The lowest BCUT2D eigenvalue weighted by atomic mass is 10.1. The maximum atomic E-state index is 13.9. The zero-order valence-electron chi connectivity index (χ0n) is 10.2. The molecule has 1 saturated heterocycles. The summed E-state index contributed by atoms with van der Waals surface area (Å²) in [6.45, 7) is 1.09. The van der Waals surface area contributed by atoms with Gasteiger partial charge in [0.2, 0.25) is 0 Å². The van der Waals surface area contributed by atoms with Gasteiger partial charge >= 0.3 is 0 Å². The normalized spacial score (nSPS) is 19.1. The molecule has 1 aliphatic heterocycles. The fourth-order valence-electron chi connectivity index (χ4n) is 2.12. The number of rotatable bonds is 3. The highest BCUT2D eigenvalue weighted by Crippen LogP contribution is 2.21. The van der Waals surface area contributed by atoms with E-state index in [4.69, 9.17) is 5.11 Å². The Morgan fingerprint density at radius 3 is 3.11 bits per heavy atom. The van der Waals surface area contributed by atoms with E-state index in [9.17, 15) is 9.18 Å². The first kappa shape index (κ1) is 12.8. The van der Waals surface area contributed by atoms with Gasteiger partial charge < -0.3 is 15.3 Å². The summed E-state index contributed by atoms with van der Waals surface area (Å²) in [4.78, 5) is 17.5. The fourth-order valence-corrected chi connectivity index (χ4v) is 2.12. The predicted octanol–water partition coefficient (Wildman–Crippen LogP) is 0.717. The summed E-state index contributed by atoms with van der Waals surface area (Å²) in [6.07, 6.45) is 2.16. The number of anilines is 1. The number of aliphatic hydroxyl groups is 1. The molecule has 0 aromatic carbocycles. The van der Waals surface area contributed by atoms with Gasteiger partial charge in [-0.05, 0) is 12.5 Å². The molecule has 1 amide bonds. The van der Waals surface area contributed by atoms with Crippen molar-refractivity contribution in [1.29, 1.82) is 0 Å². The van der Waals surface area contributed by atoms with Crippen LogP contribution >= 0.6 is 0 Å². The minimum Gasteiger partial charge on any atom is -0.396 e. The second-order valence-corrected chi connectivity index (χ2v) is 4.36. The van der Waals surface area contributed by atoms with Crippen molar-refractivity contribution in [3.8, 4) is 0 Å². The number of nitrogens with one attached hydrogen (secondary N) is 1. The van der Waals surface area contributed by atoms with E-state index < -0.39 is 5.82 Å². The molecular weight excluding hydrogens is 237 g/mol. The smallest absolute Gasteiger partial charge is 0.257 e. The summed E-state index contributed by atoms with van der Waals surface area (Å²) in [7, 11) is 1.55. The minimum atomic E-state index is -0.627. The molecule has 0 bridgehead atoms. The molecule has 0 spiro atoms. The molecule has 1 atom stereocenters. The van der Waals surface area contributed by atoms with E-state index in [1.807, 2.05) is 0 Å². The number of hydrogen-bond acceptors (Lipinski definition) is 4. The third-order valence-corrected chi connectivity index (χ3v) is 3.19. The van der Waals surface area contributed by atoms with Crippen LogP contribution in [0.15, 0.2) is 12.3 Å². The molecule has 1 aromatic heterocycles. The lowest BCUT2D eigenvalue weighted by Gasteiger charge is -2.17. The summed E-state index contributed by atoms with van der Waals surface area (Å²) in [5, 5.41) is 11.6. The molecule has 2 heterocycles. The van der Waals surface area contributed by atoms with Crippen molar-refractivity contribution >= 4 is 11.7 Å². The average Bonchev–Trinajstić information content (AvgIpc) is 2.87. The van der Waals surface area contributed by atoms with Crippen LogP contribution in [0, 0.1) is 11.7 Å². The van der Waals surface area contributed by atoms with Crippen LogP contribution in [0.25, 0.3) is 0 Å². The molecule has 98 valence electrons. The van der Waals surface area contributed by atoms with Crippen molar-refractivity contribution in [2.75, 3.05) is 32.1 Å². The zero-order valence-corrected chi connectivity index (χ0v) is 10.2. The zero-order chi connectivity index (χ0) is 13.1. The molecule has 1 aromatic rings. The lowest BCUT2D eigenvalue weighted by molar-refractivity contribution is 0.0777. The molecule has 1 unspecified atom stereocenters. The van der Waals surface area contributed by atoms with Crippen molar-refractivity contribution in [2.45, 2.75) is 6.42 Å². The SMILES string of the molecule is CNc1nccc(C(=O)N2CCC(CO)C2)c1F. The van der Waals surface area contributed by atoms with Gasteiger partial charge in [-0.1, -0.05) is 0 Å². The molecular formula is C12H16FN3O2. The topological polar surface area (TPSA) is 65.5 Å². The van der Waals surface area contributed by atoms with E-state index in [0.717, 1.165) is 6.42 Å². The number of halogens is 1. The van der Waals surface area contributed by atoms with Gasteiger partial charge in [0, 0.05) is 38.9 Å². The molecule has 2 N–H and O–H groups in total. The first-order valence-electron chi connectivity index (χ1n) is 5.89. The molecule has 1 aliphatic rings. The van der Waals surface area contributed by atoms with Crippen molar-refractivity contribution in [3.63, 3.8) is 0 Å². The Kier molecular flexibility index (Phi) is 3.76. The molecule has 0 aliphatic carbocycles. The van der Waals surface area contributed by atoms with E-state index in [2.05, 4.69) is 10.3 Å². The van der Waals surface area contributed by atoms with E-state index in [0.29, 0.717) is 13.1 Å². The second kappa shape index (κ2) is 5.30. The van der Waals surface area contributed by atoms with Crippen LogP contribution < -0.4 is 5.32 Å². The number of carbonyl (C=O) groups is 1. The number of amides is 1. The highest BCUT2D eigenvalue weighted by Gasteiger charge is 2.28. The molecule has 0 saturated carbocycles. The maximum Gasteiger partial charge on any atom is 0.257 e. The molecule has 1 fully saturated rings. The van der Waals surface area contributed by atoms with Crippen LogP contribution in [0.4, 0.5) is 10.2 Å². The van der Waals surface area contributed by atoms with Gasteiger partial charge in [-0.25, -0.2) is 9.37 Å².